The van der Waals surface area contributed by atoms with Gasteiger partial charge >= 0.3 is 0 Å². The first-order valence-electron chi connectivity index (χ1n) is 7.36. The van der Waals surface area contributed by atoms with Crippen LogP contribution in [0, 0.1) is 5.41 Å². The van der Waals surface area contributed by atoms with E-state index in [1.54, 1.807) is 0 Å². The first-order chi connectivity index (χ1) is 9.67. The molecule has 110 valence electrons. The van der Waals surface area contributed by atoms with E-state index < -0.39 is 0 Å². The van der Waals surface area contributed by atoms with E-state index in [9.17, 15) is 4.79 Å². The molecule has 0 aromatic heterocycles. The molecule has 0 spiro atoms. The Labute approximate surface area is 120 Å². The third-order valence-corrected chi connectivity index (χ3v) is 4.08. The van der Waals surface area contributed by atoms with E-state index in [1.807, 2.05) is 31.2 Å². The number of amides is 1. The summed E-state index contributed by atoms with van der Waals surface area (Å²) in [6, 6.07) is 7.82. The van der Waals surface area contributed by atoms with Gasteiger partial charge in [0.05, 0.1) is 6.61 Å². The molecule has 0 bridgehead atoms. The molecule has 1 aromatic carbocycles. The van der Waals surface area contributed by atoms with Crippen molar-refractivity contribution >= 4 is 5.91 Å². The molecule has 4 nitrogen and oxygen atoms in total. The fourth-order valence-corrected chi connectivity index (χ4v) is 2.65. The highest BCUT2D eigenvalue weighted by Gasteiger charge is 2.37. The first-order valence-corrected chi connectivity index (χ1v) is 7.36. The lowest BCUT2D eigenvalue weighted by atomic mass is 9.66. The van der Waals surface area contributed by atoms with Crippen LogP contribution in [0.15, 0.2) is 24.3 Å². The number of rotatable bonds is 7. The average molecular weight is 276 g/mol. The minimum Gasteiger partial charge on any atom is -0.494 e. The molecule has 1 saturated carbocycles. The van der Waals surface area contributed by atoms with Crippen molar-refractivity contribution in [1.82, 2.24) is 5.32 Å². The molecule has 0 heterocycles. The molecular weight excluding hydrogens is 252 g/mol. The zero-order chi connectivity index (χ0) is 14.4. The third kappa shape index (κ3) is 3.73. The SMILES string of the molecule is CCOc1cccc(CNC(=O)CC2(CN)CCC2)c1. The summed E-state index contributed by atoms with van der Waals surface area (Å²) in [6.07, 6.45) is 3.91. The monoisotopic (exact) mass is 276 g/mol. The molecule has 1 aliphatic carbocycles. The fourth-order valence-electron chi connectivity index (χ4n) is 2.65. The highest BCUT2D eigenvalue weighted by molar-refractivity contribution is 5.76. The van der Waals surface area contributed by atoms with Crippen LogP contribution in [0.2, 0.25) is 0 Å². The van der Waals surface area contributed by atoms with E-state index in [1.165, 1.54) is 6.42 Å². The molecule has 1 aliphatic rings. The van der Waals surface area contributed by atoms with Crippen molar-refractivity contribution in [2.45, 2.75) is 39.2 Å². The summed E-state index contributed by atoms with van der Waals surface area (Å²) in [7, 11) is 0. The van der Waals surface area contributed by atoms with Crippen molar-refractivity contribution in [3.05, 3.63) is 29.8 Å². The Bertz CT molecular complexity index is 450. The van der Waals surface area contributed by atoms with Crippen molar-refractivity contribution in [3.8, 4) is 5.75 Å². The Balaban J connectivity index is 1.82. The van der Waals surface area contributed by atoms with Crippen LogP contribution in [0.25, 0.3) is 0 Å². The number of nitrogens with two attached hydrogens (primary N) is 1. The molecule has 2 rings (SSSR count). The zero-order valence-corrected chi connectivity index (χ0v) is 12.2. The molecule has 20 heavy (non-hydrogen) atoms. The lowest BCUT2D eigenvalue weighted by molar-refractivity contribution is -0.124. The van der Waals surface area contributed by atoms with E-state index in [4.69, 9.17) is 10.5 Å². The van der Waals surface area contributed by atoms with Crippen LogP contribution in [-0.4, -0.2) is 19.1 Å². The minimum absolute atomic E-state index is 0.0667. The van der Waals surface area contributed by atoms with Gasteiger partial charge in [0.2, 0.25) is 5.91 Å². The van der Waals surface area contributed by atoms with Crippen LogP contribution in [0.5, 0.6) is 5.75 Å². The van der Waals surface area contributed by atoms with Gasteiger partial charge in [0.1, 0.15) is 5.75 Å². The molecule has 0 saturated heterocycles. The predicted molar refractivity (Wildman–Crippen MR) is 79.4 cm³/mol. The number of ether oxygens (including phenoxy) is 1. The van der Waals surface area contributed by atoms with Gasteiger partial charge in [0, 0.05) is 13.0 Å². The van der Waals surface area contributed by atoms with Crippen LogP contribution >= 0.6 is 0 Å². The highest BCUT2D eigenvalue weighted by Crippen LogP contribution is 2.42. The summed E-state index contributed by atoms with van der Waals surface area (Å²) in [5.74, 6) is 0.939. The van der Waals surface area contributed by atoms with E-state index in [0.717, 1.165) is 24.2 Å². The number of benzene rings is 1. The van der Waals surface area contributed by atoms with Crippen molar-refractivity contribution in [1.29, 1.82) is 0 Å². The molecule has 0 unspecified atom stereocenters. The zero-order valence-electron chi connectivity index (χ0n) is 12.2. The molecule has 4 heteroatoms. The fraction of sp³-hybridized carbons (Fsp3) is 0.562. The summed E-state index contributed by atoms with van der Waals surface area (Å²) < 4.78 is 5.45. The molecule has 0 atom stereocenters. The summed E-state index contributed by atoms with van der Waals surface area (Å²) >= 11 is 0. The predicted octanol–water partition coefficient (Wildman–Crippen LogP) is 2.22. The normalized spacial score (nSPS) is 16.3. The van der Waals surface area contributed by atoms with E-state index >= 15 is 0 Å². The van der Waals surface area contributed by atoms with Gasteiger partial charge in [-0.1, -0.05) is 18.6 Å². The summed E-state index contributed by atoms with van der Waals surface area (Å²) in [6.45, 7) is 3.76. The third-order valence-electron chi connectivity index (χ3n) is 4.08. The van der Waals surface area contributed by atoms with Crippen molar-refractivity contribution in [2.24, 2.45) is 11.1 Å². The van der Waals surface area contributed by atoms with Gasteiger partial charge in [-0.2, -0.15) is 0 Å². The molecule has 0 aliphatic heterocycles. The van der Waals surface area contributed by atoms with Crippen molar-refractivity contribution in [3.63, 3.8) is 0 Å². The van der Waals surface area contributed by atoms with Crippen LogP contribution in [0.3, 0.4) is 0 Å². The molecule has 3 N–H and O–H groups in total. The van der Waals surface area contributed by atoms with Gasteiger partial charge < -0.3 is 15.8 Å². The molecule has 1 aromatic rings. The second-order valence-corrected chi connectivity index (χ2v) is 5.59. The smallest absolute Gasteiger partial charge is 0.220 e. The molecule has 0 radical (unpaired) electrons. The summed E-state index contributed by atoms with van der Waals surface area (Å²) in [4.78, 5) is 12.0. The largest absolute Gasteiger partial charge is 0.494 e. The maximum atomic E-state index is 12.0. The standard InChI is InChI=1S/C16H24N2O2/c1-2-20-14-6-3-5-13(9-14)11-18-15(19)10-16(12-17)7-4-8-16/h3,5-6,9H,2,4,7-8,10-12,17H2,1H3,(H,18,19). The Morgan fingerprint density at radius 3 is 2.85 bits per heavy atom. The highest BCUT2D eigenvalue weighted by atomic mass is 16.5. The topological polar surface area (TPSA) is 64.3 Å². The van der Waals surface area contributed by atoms with Gasteiger partial charge in [0.25, 0.3) is 0 Å². The minimum atomic E-state index is 0.0667. The van der Waals surface area contributed by atoms with Gasteiger partial charge in [-0.15, -0.1) is 0 Å². The maximum Gasteiger partial charge on any atom is 0.220 e. The van der Waals surface area contributed by atoms with Crippen LogP contribution in [0.1, 0.15) is 38.2 Å². The van der Waals surface area contributed by atoms with Gasteiger partial charge in [-0.25, -0.2) is 0 Å². The van der Waals surface area contributed by atoms with E-state index in [2.05, 4.69) is 5.32 Å². The Morgan fingerprint density at radius 1 is 1.45 bits per heavy atom. The quantitative estimate of drug-likeness (QED) is 0.802. The lowest BCUT2D eigenvalue weighted by Gasteiger charge is -2.40. The number of hydrogen-bond donors (Lipinski definition) is 2. The first kappa shape index (κ1) is 14.9. The molecule has 1 fully saturated rings. The van der Waals surface area contributed by atoms with Gasteiger partial charge in [-0.3, -0.25) is 4.79 Å². The average Bonchev–Trinajstić information content (AvgIpc) is 2.41. The van der Waals surface area contributed by atoms with Crippen LogP contribution in [-0.2, 0) is 11.3 Å². The second-order valence-electron chi connectivity index (χ2n) is 5.59. The second kappa shape index (κ2) is 6.75. The van der Waals surface area contributed by atoms with Gasteiger partial charge in [0.15, 0.2) is 0 Å². The van der Waals surface area contributed by atoms with E-state index in [0.29, 0.717) is 26.1 Å². The van der Waals surface area contributed by atoms with Crippen molar-refractivity contribution < 1.29 is 9.53 Å². The van der Waals surface area contributed by atoms with E-state index in [-0.39, 0.29) is 11.3 Å². The number of hydrogen-bond acceptors (Lipinski definition) is 3. The Morgan fingerprint density at radius 2 is 2.25 bits per heavy atom. The Kier molecular flexibility index (Phi) is 5.01. The molecular formula is C16H24N2O2. The maximum absolute atomic E-state index is 12.0. The molecule has 1 amide bonds. The number of carbonyl (C=O) groups is 1. The summed E-state index contributed by atoms with van der Waals surface area (Å²) in [5.41, 5.74) is 6.90. The van der Waals surface area contributed by atoms with Crippen LogP contribution in [0.4, 0.5) is 0 Å². The summed E-state index contributed by atoms with van der Waals surface area (Å²) in [5, 5.41) is 2.98. The number of nitrogens with one attached hydrogen (secondary N) is 1. The van der Waals surface area contributed by atoms with Crippen LogP contribution < -0.4 is 15.8 Å². The number of carbonyl (C=O) groups excluding carboxylic acids is 1. The Hall–Kier alpha value is -1.55. The van der Waals surface area contributed by atoms with Gasteiger partial charge in [-0.05, 0) is 49.4 Å². The lowest BCUT2D eigenvalue weighted by Crippen LogP contribution is -2.41. The van der Waals surface area contributed by atoms with Crippen molar-refractivity contribution in [2.75, 3.05) is 13.2 Å².